The van der Waals surface area contributed by atoms with Gasteiger partial charge in [0.05, 0.1) is 0 Å². The summed E-state index contributed by atoms with van der Waals surface area (Å²) >= 11 is 0. The van der Waals surface area contributed by atoms with Crippen LogP contribution in [0.2, 0.25) is 0 Å². The Kier molecular flexibility index (Phi) is 4.96. The monoisotopic (exact) mass is 426 g/mol. The van der Waals surface area contributed by atoms with E-state index in [0.29, 0.717) is 39.8 Å². The quantitative estimate of drug-likeness (QED) is 0.431. The number of hydrogen-bond acceptors (Lipinski definition) is 1. The molecule has 0 aromatic heterocycles. The van der Waals surface area contributed by atoms with Gasteiger partial charge in [-0.3, -0.25) is 4.79 Å². The molecular weight excluding hydrogens is 376 g/mol. The summed E-state index contributed by atoms with van der Waals surface area (Å²) in [5.41, 5.74) is 1.81. The summed E-state index contributed by atoms with van der Waals surface area (Å²) in [5.74, 6) is 4.36. The molecule has 0 bridgehead atoms. The van der Waals surface area contributed by atoms with Crippen molar-refractivity contribution >= 4 is 5.78 Å². The van der Waals surface area contributed by atoms with Gasteiger partial charge in [-0.15, -0.1) is 0 Å². The second-order valence-electron chi connectivity index (χ2n) is 14.7. The van der Waals surface area contributed by atoms with Gasteiger partial charge in [-0.05, 0) is 96.2 Å². The van der Waals surface area contributed by atoms with E-state index in [1.807, 2.05) is 0 Å². The molecule has 0 saturated heterocycles. The first kappa shape index (κ1) is 22.5. The third-order valence-electron chi connectivity index (χ3n) is 12.9. The predicted octanol–water partition coefficient (Wildman–Crippen LogP) is 8.46. The van der Waals surface area contributed by atoms with E-state index in [1.54, 1.807) is 0 Å². The van der Waals surface area contributed by atoms with E-state index in [4.69, 9.17) is 0 Å². The molecule has 1 nitrogen and oxygen atoms in total. The summed E-state index contributed by atoms with van der Waals surface area (Å²) < 4.78 is 0. The van der Waals surface area contributed by atoms with Gasteiger partial charge in [0.25, 0.3) is 0 Å². The summed E-state index contributed by atoms with van der Waals surface area (Å²) in [6, 6.07) is 0. The SMILES string of the molecule is CC(C)CCC[C@@H](C)[C@H]1CC(=O)[C@@]2(C)[C@@H]3CCC4C(C)(C)CCC[C@@]45CC35CC[C@]12C. The van der Waals surface area contributed by atoms with Crippen molar-refractivity contribution < 1.29 is 4.79 Å². The lowest BCUT2D eigenvalue weighted by Gasteiger charge is -2.62. The van der Waals surface area contributed by atoms with Crippen molar-refractivity contribution in [2.75, 3.05) is 0 Å². The Balaban J connectivity index is 1.43. The van der Waals surface area contributed by atoms with Crippen molar-refractivity contribution in [3.8, 4) is 0 Å². The lowest BCUT2D eigenvalue weighted by atomic mass is 9.42. The molecule has 176 valence electrons. The Labute approximate surface area is 192 Å². The molecular formula is C30H50O. The molecule has 5 aliphatic rings. The number of rotatable bonds is 5. The summed E-state index contributed by atoms with van der Waals surface area (Å²) in [7, 11) is 0. The normalized spacial score (nSPS) is 51.0. The van der Waals surface area contributed by atoms with Crippen molar-refractivity contribution in [1.82, 2.24) is 0 Å². The van der Waals surface area contributed by atoms with E-state index >= 15 is 0 Å². The molecule has 0 aromatic rings. The van der Waals surface area contributed by atoms with Gasteiger partial charge >= 0.3 is 0 Å². The van der Waals surface area contributed by atoms with E-state index in [0.717, 1.165) is 18.3 Å². The lowest BCUT2D eigenvalue weighted by molar-refractivity contribution is -0.160. The van der Waals surface area contributed by atoms with E-state index in [9.17, 15) is 4.79 Å². The molecule has 0 aliphatic heterocycles. The van der Waals surface area contributed by atoms with Gasteiger partial charge in [0.15, 0.2) is 0 Å². The van der Waals surface area contributed by atoms with Crippen LogP contribution in [0.15, 0.2) is 0 Å². The summed E-state index contributed by atoms with van der Waals surface area (Å²) in [4.78, 5) is 13.9. The molecule has 31 heavy (non-hydrogen) atoms. The molecule has 5 fully saturated rings. The molecule has 0 N–H and O–H groups in total. The Morgan fingerprint density at radius 1 is 0.871 bits per heavy atom. The third kappa shape index (κ3) is 2.70. The van der Waals surface area contributed by atoms with Crippen LogP contribution in [-0.4, -0.2) is 5.78 Å². The fourth-order valence-corrected chi connectivity index (χ4v) is 11.1. The van der Waals surface area contributed by atoms with Crippen molar-refractivity contribution in [1.29, 1.82) is 0 Å². The molecule has 0 heterocycles. The average Bonchev–Trinajstić information content (AvgIpc) is 3.29. The van der Waals surface area contributed by atoms with Crippen LogP contribution in [0.3, 0.4) is 0 Å². The average molecular weight is 427 g/mol. The number of fused-ring (bicyclic) bond motifs is 2. The highest BCUT2D eigenvalue weighted by atomic mass is 16.1. The first-order chi connectivity index (χ1) is 14.4. The number of ketones is 1. The molecule has 5 aliphatic carbocycles. The van der Waals surface area contributed by atoms with Crippen LogP contribution in [0.5, 0.6) is 0 Å². The minimum Gasteiger partial charge on any atom is -0.299 e. The molecule has 2 unspecified atom stereocenters. The molecule has 0 aromatic carbocycles. The maximum Gasteiger partial charge on any atom is 0.139 e. The highest BCUT2D eigenvalue weighted by Gasteiger charge is 2.82. The largest absolute Gasteiger partial charge is 0.299 e. The maximum atomic E-state index is 13.9. The summed E-state index contributed by atoms with van der Waals surface area (Å²) in [6.07, 6.45) is 16.1. The van der Waals surface area contributed by atoms with E-state index in [2.05, 4.69) is 48.5 Å². The molecule has 5 rings (SSSR count). The number of Topliss-reactive ketones (excluding diaryl/α,β-unsaturated/α-hetero) is 1. The third-order valence-corrected chi connectivity index (χ3v) is 12.9. The van der Waals surface area contributed by atoms with E-state index < -0.39 is 0 Å². The van der Waals surface area contributed by atoms with Gasteiger partial charge in [-0.25, -0.2) is 0 Å². The van der Waals surface area contributed by atoms with Crippen LogP contribution >= 0.6 is 0 Å². The highest BCUT2D eigenvalue weighted by Crippen LogP contribution is 2.88. The van der Waals surface area contributed by atoms with Crippen molar-refractivity contribution in [3.05, 3.63) is 0 Å². The Morgan fingerprint density at radius 2 is 1.55 bits per heavy atom. The second kappa shape index (κ2) is 6.85. The fourth-order valence-electron chi connectivity index (χ4n) is 11.1. The van der Waals surface area contributed by atoms with Crippen molar-refractivity contribution in [2.24, 2.45) is 56.7 Å². The van der Waals surface area contributed by atoms with Gasteiger partial charge in [-0.2, -0.15) is 0 Å². The Hall–Kier alpha value is -0.330. The maximum absolute atomic E-state index is 13.9. The van der Waals surface area contributed by atoms with Gasteiger partial charge in [0.2, 0.25) is 0 Å². The van der Waals surface area contributed by atoms with E-state index in [-0.39, 0.29) is 10.8 Å². The van der Waals surface area contributed by atoms with Gasteiger partial charge < -0.3 is 0 Å². The van der Waals surface area contributed by atoms with Crippen molar-refractivity contribution in [3.63, 3.8) is 0 Å². The second-order valence-corrected chi connectivity index (χ2v) is 14.7. The number of hydrogen-bond donors (Lipinski definition) is 0. The van der Waals surface area contributed by atoms with Crippen LogP contribution in [0, 0.1) is 56.7 Å². The van der Waals surface area contributed by atoms with Crippen LogP contribution < -0.4 is 0 Å². The highest BCUT2D eigenvalue weighted by molar-refractivity contribution is 5.89. The van der Waals surface area contributed by atoms with Gasteiger partial charge in [0, 0.05) is 11.8 Å². The zero-order valence-corrected chi connectivity index (χ0v) is 21.8. The Morgan fingerprint density at radius 3 is 2.26 bits per heavy atom. The predicted molar refractivity (Wildman–Crippen MR) is 130 cm³/mol. The number of carbonyl (C=O) groups is 1. The molecule has 0 amide bonds. The first-order valence-electron chi connectivity index (χ1n) is 14.0. The topological polar surface area (TPSA) is 17.1 Å². The minimum atomic E-state index is -0.0573. The molecule has 0 radical (unpaired) electrons. The molecule has 5 saturated carbocycles. The first-order valence-corrected chi connectivity index (χ1v) is 14.0. The number of carbonyl (C=O) groups excluding carboxylic acids is 1. The zero-order chi connectivity index (χ0) is 22.4. The standard InChI is InChI=1S/C30H50O/c1-20(2)10-8-11-21(3)22-18-25(31)28(7)24-13-12-23-26(4,5)14-9-15-29(23)19-30(24,29)17-16-27(22,28)6/h20-24H,8-19H2,1-7H3/t21-,22-,23?,24+,27-,28-,29-,30?/m1/s1. The smallest absolute Gasteiger partial charge is 0.139 e. The summed E-state index contributed by atoms with van der Waals surface area (Å²) in [5, 5.41) is 0. The van der Waals surface area contributed by atoms with E-state index in [1.165, 1.54) is 70.6 Å². The van der Waals surface area contributed by atoms with Crippen LogP contribution in [0.25, 0.3) is 0 Å². The Bertz CT molecular complexity index is 750. The molecule has 8 atom stereocenters. The lowest BCUT2D eigenvalue weighted by Crippen LogP contribution is -2.57. The molecule has 1 heteroatoms. The minimum absolute atomic E-state index is 0.0573. The van der Waals surface area contributed by atoms with Crippen LogP contribution in [0.4, 0.5) is 0 Å². The van der Waals surface area contributed by atoms with Crippen LogP contribution in [0.1, 0.15) is 126 Å². The fraction of sp³-hybridized carbons (Fsp3) is 0.967. The van der Waals surface area contributed by atoms with Gasteiger partial charge in [0.1, 0.15) is 5.78 Å². The van der Waals surface area contributed by atoms with Crippen molar-refractivity contribution in [2.45, 2.75) is 126 Å². The zero-order valence-electron chi connectivity index (χ0n) is 21.8. The van der Waals surface area contributed by atoms with Crippen LogP contribution in [-0.2, 0) is 4.79 Å². The van der Waals surface area contributed by atoms with Gasteiger partial charge in [-0.1, -0.05) is 74.1 Å². The molecule has 2 spiro atoms. The summed E-state index contributed by atoms with van der Waals surface area (Å²) in [6.45, 7) is 17.3.